The number of rotatable bonds is 9. The number of nitrogens with one attached hydrogen (secondary N) is 2. The summed E-state index contributed by atoms with van der Waals surface area (Å²) in [7, 11) is 0. The molecule has 0 radical (unpaired) electrons. The van der Waals surface area contributed by atoms with Crippen LogP contribution in [-0.4, -0.2) is 24.4 Å². The van der Waals surface area contributed by atoms with Gasteiger partial charge in [-0.1, -0.05) is 74.5 Å². The molecule has 2 rings (SSSR count). The zero-order valence-electron chi connectivity index (χ0n) is 16.4. The Morgan fingerprint density at radius 1 is 0.778 bits per heavy atom. The van der Waals surface area contributed by atoms with E-state index in [1.54, 1.807) is 0 Å². The summed E-state index contributed by atoms with van der Waals surface area (Å²) in [6.45, 7) is 6.35. The average molecular weight is 367 g/mol. The van der Waals surface area contributed by atoms with Gasteiger partial charge >= 0.3 is 0 Å². The van der Waals surface area contributed by atoms with Crippen LogP contribution in [-0.2, 0) is 9.59 Å². The van der Waals surface area contributed by atoms with E-state index in [4.69, 9.17) is 0 Å². The summed E-state index contributed by atoms with van der Waals surface area (Å²) in [5.74, 6) is -0.334. The Hall–Kier alpha value is -2.62. The fourth-order valence-corrected chi connectivity index (χ4v) is 3.29. The molecule has 27 heavy (non-hydrogen) atoms. The van der Waals surface area contributed by atoms with Gasteiger partial charge in [0.2, 0.25) is 11.8 Å². The maximum absolute atomic E-state index is 12.6. The van der Waals surface area contributed by atoms with Crippen molar-refractivity contribution in [2.75, 3.05) is 6.54 Å². The maximum atomic E-state index is 12.6. The minimum Gasteiger partial charge on any atom is -0.354 e. The zero-order valence-corrected chi connectivity index (χ0v) is 16.4. The van der Waals surface area contributed by atoms with Gasteiger partial charge in [-0.25, -0.2) is 0 Å². The van der Waals surface area contributed by atoms with Crippen molar-refractivity contribution < 1.29 is 9.59 Å². The van der Waals surface area contributed by atoms with Crippen LogP contribution < -0.4 is 10.6 Å². The third kappa shape index (κ3) is 5.95. The number of carbonyl (C=O) groups is 2. The number of hydrogen-bond donors (Lipinski definition) is 2. The normalized spacial score (nSPS) is 14.0. The lowest BCUT2D eigenvalue weighted by Gasteiger charge is -2.21. The molecule has 0 unspecified atom stereocenters. The van der Waals surface area contributed by atoms with Gasteiger partial charge in [-0.15, -0.1) is 0 Å². The second-order valence-corrected chi connectivity index (χ2v) is 6.90. The van der Waals surface area contributed by atoms with Gasteiger partial charge in [-0.05, 0) is 30.9 Å². The number of carbonyl (C=O) groups excluding carboxylic acids is 2. The summed E-state index contributed by atoms with van der Waals surface area (Å²) in [5, 5.41) is 6.01. The molecule has 2 N–H and O–H groups in total. The van der Waals surface area contributed by atoms with Gasteiger partial charge < -0.3 is 10.6 Å². The van der Waals surface area contributed by atoms with Gasteiger partial charge in [0, 0.05) is 12.6 Å². The van der Waals surface area contributed by atoms with Crippen molar-refractivity contribution in [1.82, 2.24) is 10.6 Å². The molecule has 0 saturated heterocycles. The van der Waals surface area contributed by atoms with E-state index in [0.717, 1.165) is 24.0 Å². The summed E-state index contributed by atoms with van der Waals surface area (Å²) in [4.78, 5) is 25.2. The van der Waals surface area contributed by atoms with Gasteiger partial charge in [-0.2, -0.15) is 0 Å². The van der Waals surface area contributed by atoms with Gasteiger partial charge in [0.05, 0.1) is 11.8 Å². The van der Waals surface area contributed by atoms with Crippen LogP contribution >= 0.6 is 0 Å². The largest absolute Gasteiger partial charge is 0.354 e. The highest BCUT2D eigenvalue weighted by molar-refractivity contribution is 5.85. The molecule has 0 fully saturated rings. The Kier molecular flexibility index (Phi) is 8.05. The van der Waals surface area contributed by atoms with E-state index in [1.807, 2.05) is 81.4 Å². The Balaban J connectivity index is 1.88. The highest BCUT2D eigenvalue weighted by Gasteiger charge is 2.22. The average Bonchev–Trinajstić information content (AvgIpc) is 2.69. The van der Waals surface area contributed by atoms with Gasteiger partial charge in [0.15, 0.2) is 0 Å². The molecule has 0 bridgehead atoms. The second kappa shape index (κ2) is 10.5. The molecular formula is C23H30N2O2. The molecule has 4 heteroatoms. The topological polar surface area (TPSA) is 58.2 Å². The van der Waals surface area contributed by atoms with Crippen molar-refractivity contribution in [1.29, 1.82) is 0 Å². The molecule has 0 spiro atoms. The molecule has 0 saturated carbocycles. The standard InChI is InChI=1S/C23H30N2O2/c1-4-20(18-12-8-6-9-13-18)22(26)24-16-17(3)25-23(27)21(5-2)19-14-10-7-11-15-19/h6-15,17,20-21H,4-5,16H2,1-3H3,(H,24,26)(H,25,27)/t17-,20-,21+/m1/s1. The molecule has 0 aliphatic heterocycles. The summed E-state index contributed by atoms with van der Waals surface area (Å²) in [6.07, 6.45) is 1.48. The summed E-state index contributed by atoms with van der Waals surface area (Å²) >= 11 is 0. The van der Waals surface area contributed by atoms with Crippen LogP contribution in [0.1, 0.15) is 56.6 Å². The van der Waals surface area contributed by atoms with E-state index >= 15 is 0 Å². The van der Waals surface area contributed by atoms with E-state index < -0.39 is 0 Å². The molecule has 2 aromatic rings. The monoisotopic (exact) mass is 366 g/mol. The SMILES string of the molecule is CC[C@H](C(=O)N[C@H](C)CNC(=O)[C@H](CC)c1ccccc1)c1ccccc1. The van der Waals surface area contributed by atoms with Crippen LogP contribution in [0.15, 0.2) is 60.7 Å². The smallest absolute Gasteiger partial charge is 0.227 e. The molecule has 2 amide bonds. The van der Waals surface area contributed by atoms with Gasteiger partial charge in [-0.3, -0.25) is 9.59 Å². The predicted octanol–water partition coefficient (Wildman–Crippen LogP) is 3.99. The van der Waals surface area contributed by atoms with E-state index in [1.165, 1.54) is 0 Å². The molecule has 4 nitrogen and oxygen atoms in total. The Morgan fingerprint density at radius 2 is 1.22 bits per heavy atom. The highest BCUT2D eigenvalue weighted by Crippen LogP contribution is 2.20. The van der Waals surface area contributed by atoms with Crippen LogP contribution in [0.4, 0.5) is 0 Å². The summed E-state index contributed by atoms with van der Waals surface area (Å²) in [5.41, 5.74) is 2.04. The quantitative estimate of drug-likeness (QED) is 0.705. The first-order chi connectivity index (χ1) is 13.1. The van der Waals surface area contributed by atoms with Gasteiger partial charge in [0.1, 0.15) is 0 Å². The first-order valence-corrected chi connectivity index (χ1v) is 9.74. The zero-order chi connectivity index (χ0) is 19.6. The first kappa shape index (κ1) is 20.7. The lowest BCUT2D eigenvalue weighted by atomic mass is 9.95. The van der Waals surface area contributed by atoms with E-state index in [2.05, 4.69) is 10.6 Å². The van der Waals surface area contributed by atoms with Gasteiger partial charge in [0.25, 0.3) is 0 Å². The van der Waals surface area contributed by atoms with Crippen molar-refractivity contribution in [3.8, 4) is 0 Å². The summed E-state index contributed by atoms with van der Waals surface area (Å²) in [6, 6.07) is 19.5. The number of hydrogen-bond acceptors (Lipinski definition) is 2. The van der Waals surface area contributed by atoms with Crippen molar-refractivity contribution >= 4 is 11.8 Å². The first-order valence-electron chi connectivity index (χ1n) is 9.74. The molecule has 0 aromatic heterocycles. The molecule has 3 atom stereocenters. The predicted molar refractivity (Wildman–Crippen MR) is 110 cm³/mol. The molecule has 144 valence electrons. The maximum Gasteiger partial charge on any atom is 0.227 e. The fourth-order valence-electron chi connectivity index (χ4n) is 3.29. The van der Waals surface area contributed by atoms with Crippen LogP contribution in [0.25, 0.3) is 0 Å². The van der Waals surface area contributed by atoms with Crippen molar-refractivity contribution in [2.24, 2.45) is 0 Å². The third-order valence-electron chi connectivity index (χ3n) is 4.82. The lowest BCUT2D eigenvalue weighted by molar-refractivity contribution is -0.125. The second-order valence-electron chi connectivity index (χ2n) is 6.90. The molecular weight excluding hydrogens is 336 g/mol. The molecule has 0 heterocycles. The molecule has 2 aromatic carbocycles. The van der Waals surface area contributed by atoms with E-state index in [-0.39, 0.29) is 29.7 Å². The van der Waals surface area contributed by atoms with Crippen LogP contribution in [0.5, 0.6) is 0 Å². The van der Waals surface area contributed by atoms with E-state index in [9.17, 15) is 9.59 Å². The number of amides is 2. The van der Waals surface area contributed by atoms with Crippen molar-refractivity contribution in [2.45, 2.75) is 51.5 Å². The van der Waals surface area contributed by atoms with Crippen molar-refractivity contribution in [3.63, 3.8) is 0 Å². The fraction of sp³-hybridized carbons (Fsp3) is 0.391. The molecule has 0 aliphatic carbocycles. The Morgan fingerprint density at radius 3 is 1.67 bits per heavy atom. The summed E-state index contributed by atoms with van der Waals surface area (Å²) < 4.78 is 0. The minimum absolute atomic E-state index is 0.0000927. The third-order valence-corrected chi connectivity index (χ3v) is 4.82. The Labute approximate surface area is 162 Å². The van der Waals surface area contributed by atoms with Crippen LogP contribution in [0.2, 0.25) is 0 Å². The Bertz CT molecular complexity index is 716. The van der Waals surface area contributed by atoms with Crippen LogP contribution in [0, 0.1) is 0 Å². The van der Waals surface area contributed by atoms with Crippen molar-refractivity contribution in [3.05, 3.63) is 71.8 Å². The molecule has 0 aliphatic rings. The number of benzene rings is 2. The lowest BCUT2D eigenvalue weighted by Crippen LogP contribution is -2.44. The van der Waals surface area contributed by atoms with Crippen LogP contribution in [0.3, 0.4) is 0 Å². The van der Waals surface area contributed by atoms with E-state index in [0.29, 0.717) is 6.54 Å². The highest BCUT2D eigenvalue weighted by atomic mass is 16.2. The minimum atomic E-state index is -0.169.